The molecule has 90 valence electrons. The van der Waals surface area contributed by atoms with Crippen molar-refractivity contribution in [2.24, 2.45) is 0 Å². The van der Waals surface area contributed by atoms with Crippen LogP contribution in [0.1, 0.15) is 11.8 Å². The van der Waals surface area contributed by atoms with Crippen molar-refractivity contribution in [1.29, 1.82) is 0 Å². The molecule has 2 aromatic heterocycles. The molecule has 0 amide bonds. The van der Waals surface area contributed by atoms with Crippen molar-refractivity contribution in [1.82, 2.24) is 15.2 Å². The van der Waals surface area contributed by atoms with Gasteiger partial charge in [-0.05, 0) is 12.1 Å². The molecule has 0 fully saturated rings. The molecule has 3 aromatic rings. The Morgan fingerprint density at radius 2 is 2.00 bits per heavy atom. The van der Waals surface area contributed by atoms with Gasteiger partial charge in [0.15, 0.2) is 0 Å². The first-order valence-electron chi connectivity index (χ1n) is 5.59. The average Bonchev–Trinajstić information content (AvgIpc) is 2.82. The van der Waals surface area contributed by atoms with E-state index < -0.39 is 0 Å². The van der Waals surface area contributed by atoms with E-state index in [4.69, 9.17) is 4.42 Å². The lowest BCUT2D eigenvalue weighted by Crippen LogP contribution is -1.85. The molecule has 18 heavy (non-hydrogen) atoms. The standard InChI is InChI=1S/C13H11N3OS/c1-9-15-16-12(17-9)8-18-13-7-6-10-4-2-3-5-11(10)14-13/h2-7H,8H2,1H3. The van der Waals surface area contributed by atoms with Crippen molar-refractivity contribution in [3.63, 3.8) is 0 Å². The summed E-state index contributed by atoms with van der Waals surface area (Å²) in [5.41, 5.74) is 1.00. The molecule has 0 aliphatic heterocycles. The van der Waals surface area contributed by atoms with Gasteiger partial charge in [-0.2, -0.15) is 0 Å². The molecule has 0 N–H and O–H groups in total. The molecule has 1 aromatic carbocycles. The van der Waals surface area contributed by atoms with Crippen LogP contribution < -0.4 is 0 Å². The summed E-state index contributed by atoms with van der Waals surface area (Å²) in [7, 11) is 0. The molecular weight excluding hydrogens is 246 g/mol. The molecule has 0 unspecified atom stereocenters. The maximum Gasteiger partial charge on any atom is 0.226 e. The monoisotopic (exact) mass is 257 g/mol. The van der Waals surface area contributed by atoms with Gasteiger partial charge in [-0.1, -0.05) is 36.0 Å². The van der Waals surface area contributed by atoms with Crippen LogP contribution in [0, 0.1) is 6.92 Å². The van der Waals surface area contributed by atoms with E-state index in [0.29, 0.717) is 17.5 Å². The molecule has 0 saturated carbocycles. The van der Waals surface area contributed by atoms with Crippen molar-refractivity contribution in [2.75, 3.05) is 0 Å². The first-order chi connectivity index (χ1) is 8.81. The molecule has 0 spiro atoms. The Morgan fingerprint density at radius 1 is 1.11 bits per heavy atom. The lowest BCUT2D eigenvalue weighted by molar-refractivity contribution is 0.485. The molecule has 3 rings (SSSR count). The highest BCUT2D eigenvalue weighted by molar-refractivity contribution is 7.98. The molecule has 2 heterocycles. The van der Waals surface area contributed by atoms with Crippen molar-refractivity contribution >= 4 is 22.7 Å². The van der Waals surface area contributed by atoms with Crippen LogP contribution >= 0.6 is 11.8 Å². The predicted molar refractivity (Wildman–Crippen MR) is 70.3 cm³/mol. The topological polar surface area (TPSA) is 51.8 Å². The van der Waals surface area contributed by atoms with E-state index in [-0.39, 0.29) is 0 Å². The molecule has 4 nitrogen and oxygen atoms in total. The zero-order chi connectivity index (χ0) is 12.4. The van der Waals surface area contributed by atoms with Gasteiger partial charge in [0.2, 0.25) is 11.8 Å². The normalized spacial score (nSPS) is 10.9. The quantitative estimate of drug-likeness (QED) is 0.674. The first-order valence-corrected chi connectivity index (χ1v) is 6.57. The molecule has 0 aliphatic carbocycles. The van der Waals surface area contributed by atoms with Crippen LogP contribution in [0.3, 0.4) is 0 Å². The van der Waals surface area contributed by atoms with E-state index in [1.54, 1.807) is 18.7 Å². The zero-order valence-corrected chi connectivity index (χ0v) is 10.6. The number of fused-ring (bicyclic) bond motifs is 1. The number of nitrogens with zero attached hydrogens (tertiary/aromatic N) is 3. The molecule has 0 atom stereocenters. The zero-order valence-electron chi connectivity index (χ0n) is 9.83. The van der Waals surface area contributed by atoms with Gasteiger partial charge in [0.05, 0.1) is 16.3 Å². The number of pyridine rings is 1. The highest BCUT2D eigenvalue weighted by atomic mass is 32.2. The highest BCUT2D eigenvalue weighted by Crippen LogP contribution is 2.22. The summed E-state index contributed by atoms with van der Waals surface area (Å²) >= 11 is 1.59. The third kappa shape index (κ3) is 2.36. The van der Waals surface area contributed by atoms with Gasteiger partial charge >= 0.3 is 0 Å². The van der Waals surface area contributed by atoms with Crippen LogP contribution in [0.4, 0.5) is 0 Å². The molecule has 0 saturated heterocycles. The Bertz CT molecular complexity index is 681. The number of para-hydroxylation sites is 1. The second-order valence-corrected chi connectivity index (χ2v) is 4.84. The fourth-order valence-corrected chi connectivity index (χ4v) is 2.37. The van der Waals surface area contributed by atoms with E-state index in [0.717, 1.165) is 15.9 Å². The maximum atomic E-state index is 5.32. The number of aromatic nitrogens is 3. The number of hydrogen-bond donors (Lipinski definition) is 0. The summed E-state index contributed by atoms with van der Waals surface area (Å²) < 4.78 is 5.32. The highest BCUT2D eigenvalue weighted by Gasteiger charge is 2.04. The molecule has 0 bridgehead atoms. The van der Waals surface area contributed by atoms with Gasteiger partial charge < -0.3 is 4.42 Å². The number of thioether (sulfide) groups is 1. The fraction of sp³-hybridized carbons (Fsp3) is 0.154. The second kappa shape index (κ2) is 4.78. The SMILES string of the molecule is Cc1nnc(CSc2ccc3ccccc3n2)o1. The van der Waals surface area contributed by atoms with Crippen LogP contribution in [0.2, 0.25) is 0 Å². The lowest BCUT2D eigenvalue weighted by Gasteiger charge is -2.00. The largest absolute Gasteiger partial charge is 0.425 e. The number of aryl methyl sites for hydroxylation is 1. The lowest BCUT2D eigenvalue weighted by atomic mass is 10.2. The average molecular weight is 257 g/mol. The van der Waals surface area contributed by atoms with Crippen molar-refractivity contribution in [2.45, 2.75) is 17.7 Å². The van der Waals surface area contributed by atoms with E-state index in [2.05, 4.69) is 27.3 Å². The number of rotatable bonds is 3. The minimum Gasteiger partial charge on any atom is -0.425 e. The van der Waals surface area contributed by atoms with Crippen molar-refractivity contribution in [3.8, 4) is 0 Å². The Kier molecular flexibility index (Phi) is 2.98. The van der Waals surface area contributed by atoms with Gasteiger partial charge in [-0.25, -0.2) is 4.98 Å². The minimum atomic E-state index is 0.595. The third-order valence-electron chi connectivity index (χ3n) is 2.48. The summed E-state index contributed by atoms with van der Waals surface area (Å²) in [5.74, 6) is 1.87. The summed E-state index contributed by atoms with van der Waals surface area (Å²) in [6, 6.07) is 12.2. The predicted octanol–water partition coefficient (Wildman–Crippen LogP) is 3.22. The Morgan fingerprint density at radius 3 is 2.83 bits per heavy atom. The van der Waals surface area contributed by atoms with Gasteiger partial charge in [0, 0.05) is 12.3 Å². The Balaban J connectivity index is 1.78. The van der Waals surface area contributed by atoms with E-state index in [9.17, 15) is 0 Å². The molecule has 5 heteroatoms. The van der Waals surface area contributed by atoms with Gasteiger partial charge in [0.25, 0.3) is 0 Å². The van der Waals surface area contributed by atoms with Crippen LogP contribution in [0.5, 0.6) is 0 Å². The number of hydrogen-bond acceptors (Lipinski definition) is 5. The number of benzene rings is 1. The molecule has 0 radical (unpaired) electrons. The summed E-state index contributed by atoms with van der Waals surface area (Å²) in [6.45, 7) is 1.79. The Hall–Kier alpha value is -1.88. The van der Waals surface area contributed by atoms with Crippen LogP contribution in [-0.4, -0.2) is 15.2 Å². The van der Waals surface area contributed by atoms with Crippen LogP contribution in [-0.2, 0) is 5.75 Å². The molecular formula is C13H11N3OS. The summed E-state index contributed by atoms with van der Waals surface area (Å²) in [5, 5.41) is 9.87. The summed E-state index contributed by atoms with van der Waals surface area (Å²) in [6.07, 6.45) is 0. The van der Waals surface area contributed by atoms with E-state index in [1.165, 1.54) is 0 Å². The third-order valence-corrected chi connectivity index (χ3v) is 3.40. The fourth-order valence-electron chi connectivity index (χ4n) is 1.66. The minimum absolute atomic E-state index is 0.595. The Labute approximate surface area is 108 Å². The van der Waals surface area contributed by atoms with Gasteiger partial charge in [0.1, 0.15) is 0 Å². The van der Waals surface area contributed by atoms with Crippen LogP contribution in [0.15, 0.2) is 45.8 Å². The van der Waals surface area contributed by atoms with Gasteiger partial charge in [-0.15, -0.1) is 10.2 Å². The summed E-state index contributed by atoms with van der Waals surface area (Å²) in [4.78, 5) is 4.57. The van der Waals surface area contributed by atoms with Crippen LogP contribution in [0.25, 0.3) is 10.9 Å². The van der Waals surface area contributed by atoms with E-state index >= 15 is 0 Å². The maximum absolute atomic E-state index is 5.32. The van der Waals surface area contributed by atoms with Crippen molar-refractivity contribution in [3.05, 3.63) is 48.2 Å². The van der Waals surface area contributed by atoms with E-state index in [1.807, 2.05) is 24.3 Å². The molecule has 0 aliphatic rings. The second-order valence-electron chi connectivity index (χ2n) is 3.85. The smallest absolute Gasteiger partial charge is 0.226 e. The van der Waals surface area contributed by atoms with Crippen molar-refractivity contribution < 1.29 is 4.42 Å². The first kappa shape index (κ1) is 11.2. The van der Waals surface area contributed by atoms with Gasteiger partial charge in [-0.3, -0.25) is 0 Å².